The lowest BCUT2D eigenvalue weighted by molar-refractivity contribution is -0.189. The van der Waals surface area contributed by atoms with Crippen molar-refractivity contribution in [3.05, 3.63) is 24.3 Å². The van der Waals surface area contributed by atoms with E-state index >= 15 is 0 Å². The van der Waals surface area contributed by atoms with Gasteiger partial charge in [0.2, 0.25) is 0 Å². The molecule has 0 aromatic rings. The number of aliphatic hydroxyl groups is 1. The topological polar surface area (TPSA) is 125 Å². The third-order valence-corrected chi connectivity index (χ3v) is 9.45. The van der Waals surface area contributed by atoms with Crippen molar-refractivity contribution in [2.75, 3.05) is 6.61 Å². The largest absolute Gasteiger partial charge is 0.455 e. The van der Waals surface area contributed by atoms with Gasteiger partial charge >= 0.3 is 11.9 Å². The average Bonchev–Trinajstić information content (AvgIpc) is 3.07. The first kappa shape index (κ1) is 55.1. The van der Waals surface area contributed by atoms with E-state index in [1.807, 2.05) is 0 Å². The van der Waals surface area contributed by atoms with Gasteiger partial charge in [0, 0.05) is 25.9 Å². The Morgan fingerprint density at radius 1 is 0.569 bits per heavy atom. The van der Waals surface area contributed by atoms with E-state index in [4.69, 9.17) is 20.9 Å². The number of halogens is 2. The van der Waals surface area contributed by atoms with Crippen molar-refractivity contribution >= 4 is 59.9 Å². The summed E-state index contributed by atoms with van der Waals surface area (Å²) in [5.41, 5.74) is 10.7. The molecule has 0 aromatic carbocycles. The summed E-state index contributed by atoms with van der Waals surface area (Å²) in [5.74, 6) is -0.784. The Morgan fingerprint density at radius 3 is 1.25 bits per heavy atom. The van der Waals surface area contributed by atoms with Gasteiger partial charge in [-0.15, -0.1) is 48.0 Å². The number of rotatable bonds is 36. The summed E-state index contributed by atoms with van der Waals surface area (Å²) in [4.78, 5) is 25.5. The van der Waals surface area contributed by atoms with Crippen molar-refractivity contribution in [2.45, 2.75) is 225 Å². The summed E-state index contributed by atoms with van der Waals surface area (Å²) < 4.78 is 11.5. The van der Waals surface area contributed by atoms with Crippen LogP contribution >= 0.6 is 48.0 Å². The standard InChI is InChI=1S/C42H80N2O5.2HI/c1-4-6-8-10-12-14-16-18-20-22-24-26-28-30-32-34-38(46)48-40(41(43)44)42(3,36-37-45)49-39(47)35-33-31-29-27-25-23-21-19-17-15-13-11-9-7-5-2;;/h18-21,40-41,45H,4-17,22-37,43-44H2,1-3H3;2*1H/b20-18-,21-19-;;. The molecule has 0 aromatic heterocycles. The van der Waals surface area contributed by atoms with Gasteiger partial charge in [-0.2, -0.15) is 0 Å². The zero-order chi connectivity index (χ0) is 36.3. The first-order valence-corrected chi connectivity index (χ1v) is 20.6. The van der Waals surface area contributed by atoms with Gasteiger partial charge in [0.1, 0.15) is 0 Å². The van der Waals surface area contributed by atoms with Gasteiger partial charge < -0.3 is 26.0 Å². The molecule has 0 spiro atoms. The number of nitrogens with two attached hydrogens (primary N) is 2. The van der Waals surface area contributed by atoms with E-state index in [-0.39, 0.29) is 79.8 Å². The average molecular weight is 949 g/mol. The van der Waals surface area contributed by atoms with Crippen LogP contribution in [0.25, 0.3) is 0 Å². The van der Waals surface area contributed by atoms with E-state index < -0.39 is 23.8 Å². The lowest BCUT2D eigenvalue weighted by Gasteiger charge is -2.38. The van der Waals surface area contributed by atoms with Crippen molar-refractivity contribution < 1.29 is 24.2 Å². The molecule has 2 unspecified atom stereocenters. The Labute approximate surface area is 349 Å². The van der Waals surface area contributed by atoms with Crippen molar-refractivity contribution in [2.24, 2.45) is 11.5 Å². The molecule has 0 bridgehead atoms. The highest BCUT2D eigenvalue weighted by Gasteiger charge is 2.43. The minimum atomic E-state index is -1.29. The van der Waals surface area contributed by atoms with Crippen LogP contribution in [0.4, 0.5) is 0 Å². The zero-order valence-electron chi connectivity index (χ0n) is 33.2. The Kier molecular flexibility index (Phi) is 44.2. The fourth-order valence-corrected chi connectivity index (χ4v) is 6.28. The highest BCUT2D eigenvalue weighted by atomic mass is 127. The zero-order valence-corrected chi connectivity index (χ0v) is 37.9. The summed E-state index contributed by atoms with van der Waals surface area (Å²) in [7, 11) is 0. The molecule has 0 aliphatic rings. The number of hydrogen-bond acceptors (Lipinski definition) is 7. The van der Waals surface area contributed by atoms with E-state index in [9.17, 15) is 14.7 Å². The minimum absolute atomic E-state index is 0. The van der Waals surface area contributed by atoms with Crippen LogP contribution in [-0.2, 0) is 19.1 Å². The van der Waals surface area contributed by atoms with Gasteiger partial charge in [-0.05, 0) is 71.1 Å². The van der Waals surface area contributed by atoms with Gasteiger partial charge in [0.15, 0.2) is 11.7 Å². The Balaban J connectivity index is -0.0000115. The van der Waals surface area contributed by atoms with Crippen LogP contribution in [0, 0.1) is 0 Å². The van der Waals surface area contributed by atoms with Gasteiger partial charge in [0.05, 0.1) is 6.17 Å². The van der Waals surface area contributed by atoms with Gasteiger partial charge in [-0.25, -0.2) is 0 Å². The molecule has 0 saturated carbocycles. The summed E-state index contributed by atoms with van der Waals surface area (Å²) in [6, 6.07) is 0. The molecule has 9 heteroatoms. The summed E-state index contributed by atoms with van der Waals surface area (Å²) in [6.07, 6.45) is 38.7. The van der Waals surface area contributed by atoms with Crippen molar-refractivity contribution in [1.29, 1.82) is 0 Å². The van der Waals surface area contributed by atoms with Crippen LogP contribution in [0.15, 0.2) is 24.3 Å². The Morgan fingerprint density at radius 2 is 0.902 bits per heavy atom. The number of hydrogen-bond donors (Lipinski definition) is 3. The minimum Gasteiger partial charge on any atom is -0.455 e. The quantitative estimate of drug-likeness (QED) is 0.0188. The van der Waals surface area contributed by atoms with E-state index in [1.54, 1.807) is 6.92 Å². The molecule has 0 heterocycles. The number of carbonyl (C=O) groups excluding carboxylic acids is 2. The van der Waals surface area contributed by atoms with Crippen LogP contribution in [0.1, 0.15) is 207 Å². The molecule has 0 radical (unpaired) electrons. The van der Waals surface area contributed by atoms with Gasteiger partial charge in [0.25, 0.3) is 0 Å². The molecule has 5 N–H and O–H groups in total. The summed E-state index contributed by atoms with van der Waals surface area (Å²) in [5, 5.41) is 9.73. The third kappa shape index (κ3) is 35.2. The monoisotopic (exact) mass is 948 g/mol. The molecule has 0 saturated heterocycles. The fourth-order valence-electron chi connectivity index (χ4n) is 6.28. The predicted molar refractivity (Wildman–Crippen MR) is 238 cm³/mol. The number of aliphatic hydroxyl groups excluding tert-OH is 1. The lowest BCUT2D eigenvalue weighted by atomic mass is 9.92. The molecule has 304 valence electrons. The Hall–Kier alpha value is -0.240. The van der Waals surface area contributed by atoms with Gasteiger partial charge in [-0.3, -0.25) is 9.59 Å². The van der Waals surface area contributed by atoms with Crippen LogP contribution < -0.4 is 11.5 Å². The molecule has 0 amide bonds. The van der Waals surface area contributed by atoms with E-state index in [0.29, 0.717) is 0 Å². The molecule has 2 atom stereocenters. The molecule has 0 fully saturated rings. The second kappa shape index (κ2) is 40.9. The maximum Gasteiger partial charge on any atom is 0.306 e. The molecule has 0 aliphatic carbocycles. The summed E-state index contributed by atoms with van der Waals surface area (Å²) in [6.45, 7) is 5.91. The van der Waals surface area contributed by atoms with Crippen molar-refractivity contribution in [1.82, 2.24) is 0 Å². The molecule has 7 nitrogen and oxygen atoms in total. The molecular formula is C42H82I2N2O5. The molecule has 0 rings (SSSR count). The first-order chi connectivity index (χ1) is 23.8. The Bertz CT molecular complexity index is 827. The SMILES string of the molecule is CCCCCCCC/C=C\CCCCCCCC(=O)OC(C(N)N)C(C)(CCO)OC(=O)CCCCCCC/C=C\CCCCCCCC.I.I. The first-order valence-electron chi connectivity index (χ1n) is 20.6. The number of esters is 2. The van der Waals surface area contributed by atoms with Crippen LogP contribution in [0.2, 0.25) is 0 Å². The number of unbranched alkanes of at least 4 members (excludes halogenated alkanes) is 22. The van der Waals surface area contributed by atoms with E-state index in [1.165, 1.54) is 103 Å². The fraction of sp³-hybridized carbons (Fsp3) is 0.857. The maximum absolute atomic E-state index is 12.8. The lowest BCUT2D eigenvalue weighted by Crippen LogP contribution is -2.59. The highest BCUT2D eigenvalue weighted by Crippen LogP contribution is 2.26. The highest BCUT2D eigenvalue weighted by molar-refractivity contribution is 14.0. The van der Waals surface area contributed by atoms with E-state index in [0.717, 1.165) is 64.2 Å². The number of ether oxygens (including phenoxy) is 2. The second-order valence-corrected chi connectivity index (χ2v) is 14.4. The molecule has 51 heavy (non-hydrogen) atoms. The predicted octanol–water partition coefficient (Wildman–Crippen LogP) is 12.1. The maximum atomic E-state index is 12.8. The third-order valence-electron chi connectivity index (χ3n) is 9.45. The van der Waals surface area contributed by atoms with Crippen molar-refractivity contribution in [3.63, 3.8) is 0 Å². The van der Waals surface area contributed by atoms with Crippen LogP contribution in [-0.4, -0.2) is 41.5 Å². The van der Waals surface area contributed by atoms with Crippen LogP contribution in [0.5, 0.6) is 0 Å². The van der Waals surface area contributed by atoms with Crippen LogP contribution in [0.3, 0.4) is 0 Å². The smallest absolute Gasteiger partial charge is 0.306 e. The normalized spacial score (nSPS) is 13.2. The van der Waals surface area contributed by atoms with Crippen molar-refractivity contribution in [3.8, 4) is 0 Å². The molecular weight excluding hydrogens is 866 g/mol. The number of carbonyl (C=O) groups is 2. The second-order valence-electron chi connectivity index (χ2n) is 14.4. The molecule has 0 aliphatic heterocycles. The van der Waals surface area contributed by atoms with Gasteiger partial charge in [-0.1, -0.05) is 141 Å². The van der Waals surface area contributed by atoms with E-state index in [2.05, 4.69) is 38.2 Å². The number of allylic oxidation sites excluding steroid dienone is 4. The summed E-state index contributed by atoms with van der Waals surface area (Å²) >= 11 is 0.